The van der Waals surface area contributed by atoms with Crippen molar-refractivity contribution in [2.75, 3.05) is 5.32 Å². The molecule has 0 radical (unpaired) electrons. The summed E-state index contributed by atoms with van der Waals surface area (Å²) in [6.45, 7) is 3.97. The van der Waals surface area contributed by atoms with Crippen LogP contribution in [0.5, 0.6) is 0 Å². The Bertz CT molecular complexity index is 692. The van der Waals surface area contributed by atoms with Crippen molar-refractivity contribution in [2.24, 2.45) is 0 Å². The van der Waals surface area contributed by atoms with Crippen molar-refractivity contribution in [3.63, 3.8) is 0 Å². The van der Waals surface area contributed by atoms with Crippen LogP contribution in [0.2, 0.25) is 0 Å². The van der Waals surface area contributed by atoms with E-state index in [9.17, 15) is 4.79 Å². The number of amides is 1. The maximum atomic E-state index is 12.3. The summed E-state index contributed by atoms with van der Waals surface area (Å²) in [6.07, 6.45) is 4.39. The third-order valence-corrected chi connectivity index (χ3v) is 5.83. The van der Waals surface area contributed by atoms with Gasteiger partial charge in [-0.1, -0.05) is 0 Å². The highest BCUT2D eigenvalue weighted by Gasteiger charge is 2.18. The van der Waals surface area contributed by atoms with Gasteiger partial charge in [-0.3, -0.25) is 10.1 Å². The SMILES string of the molecule is Cc1nc(NC(=O)c2cc(Br)c(C)s2)nc2c1CCCC2. The zero-order valence-corrected chi connectivity index (χ0v) is 14.4. The number of carbonyl (C=O) groups excluding carboxylic acids is 1. The highest BCUT2D eigenvalue weighted by molar-refractivity contribution is 9.10. The maximum Gasteiger partial charge on any atom is 0.268 e. The Morgan fingerprint density at radius 3 is 2.76 bits per heavy atom. The Morgan fingerprint density at radius 1 is 1.29 bits per heavy atom. The molecule has 21 heavy (non-hydrogen) atoms. The molecule has 0 unspecified atom stereocenters. The van der Waals surface area contributed by atoms with E-state index in [2.05, 4.69) is 31.2 Å². The molecule has 2 aromatic rings. The third kappa shape index (κ3) is 3.01. The van der Waals surface area contributed by atoms with Crippen molar-refractivity contribution < 1.29 is 4.79 Å². The fourth-order valence-electron chi connectivity index (χ4n) is 2.57. The lowest BCUT2D eigenvalue weighted by Crippen LogP contribution is -2.17. The molecule has 0 saturated heterocycles. The number of aryl methyl sites for hydroxylation is 3. The lowest BCUT2D eigenvalue weighted by atomic mass is 9.95. The van der Waals surface area contributed by atoms with Gasteiger partial charge in [0.15, 0.2) is 0 Å². The summed E-state index contributed by atoms with van der Waals surface area (Å²) >= 11 is 4.89. The molecular formula is C15H16BrN3OS. The molecule has 6 heteroatoms. The molecule has 2 aromatic heterocycles. The van der Waals surface area contributed by atoms with E-state index in [1.54, 1.807) is 0 Å². The second kappa shape index (κ2) is 5.85. The summed E-state index contributed by atoms with van der Waals surface area (Å²) < 4.78 is 0.959. The first-order valence-electron chi connectivity index (χ1n) is 6.98. The topological polar surface area (TPSA) is 54.9 Å². The molecule has 1 amide bonds. The van der Waals surface area contributed by atoms with Crippen LogP contribution in [-0.2, 0) is 12.8 Å². The first-order chi connectivity index (χ1) is 10.0. The third-order valence-electron chi connectivity index (χ3n) is 3.70. The number of rotatable bonds is 2. The molecule has 1 aliphatic carbocycles. The van der Waals surface area contributed by atoms with Crippen LogP contribution in [0.4, 0.5) is 5.95 Å². The van der Waals surface area contributed by atoms with Gasteiger partial charge >= 0.3 is 0 Å². The van der Waals surface area contributed by atoms with Crippen LogP contribution in [0.25, 0.3) is 0 Å². The van der Waals surface area contributed by atoms with Crippen molar-refractivity contribution in [1.29, 1.82) is 0 Å². The molecule has 0 aliphatic heterocycles. The van der Waals surface area contributed by atoms with Crippen LogP contribution in [0.15, 0.2) is 10.5 Å². The van der Waals surface area contributed by atoms with E-state index in [1.807, 2.05) is 19.9 Å². The van der Waals surface area contributed by atoms with Crippen molar-refractivity contribution in [3.05, 3.63) is 37.2 Å². The Labute approximate surface area is 136 Å². The van der Waals surface area contributed by atoms with E-state index >= 15 is 0 Å². The predicted octanol–water partition coefficient (Wildman–Crippen LogP) is 4.05. The lowest BCUT2D eigenvalue weighted by molar-refractivity contribution is 0.102. The van der Waals surface area contributed by atoms with Crippen LogP contribution in [0.1, 0.15) is 44.3 Å². The number of nitrogens with one attached hydrogen (secondary N) is 1. The zero-order valence-electron chi connectivity index (χ0n) is 12.0. The normalized spacial score (nSPS) is 13.9. The largest absolute Gasteiger partial charge is 0.290 e. The number of hydrogen-bond acceptors (Lipinski definition) is 4. The standard InChI is InChI=1S/C15H16BrN3OS/c1-8-10-5-3-4-6-12(10)18-15(17-8)19-14(20)13-7-11(16)9(2)21-13/h7H,3-6H2,1-2H3,(H,17,18,19,20). The predicted molar refractivity (Wildman–Crippen MR) is 88.1 cm³/mol. The lowest BCUT2D eigenvalue weighted by Gasteiger charge is -2.17. The first kappa shape index (κ1) is 14.7. The van der Waals surface area contributed by atoms with Crippen LogP contribution < -0.4 is 5.32 Å². The second-order valence-corrected chi connectivity index (χ2v) is 7.34. The van der Waals surface area contributed by atoms with Gasteiger partial charge in [0, 0.05) is 20.7 Å². The second-order valence-electron chi connectivity index (χ2n) is 5.23. The van der Waals surface area contributed by atoms with E-state index in [-0.39, 0.29) is 5.91 Å². The van der Waals surface area contributed by atoms with Crippen molar-refractivity contribution in [3.8, 4) is 0 Å². The minimum Gasteiger partial charge on any atom is -0.290 e. The maximum absolute atomic E-state index is 12.3. The fraction of sp³-hybridized carbons (Fsp3) is 0.400. The van der Waals surface area contributed by atoms with Gasteiger partial charge in [-0.15, -0.1) is 11.3 Å². The zero-order chi connectivity index (χ0) is 15.0. The van der Waals surface area contributed by atoms with E-state index < -0.39 is 0 Å². The fourth-order valence-corrected chi connectivity index (χ4v) is 4.00. The molecule has 0 atom stereocenters. The number of halogens is 1. The van der Waals surface area contributed by atoms with Crippen molar-refractivity contribution in [2.45, 2.75) is 39.5 Å². The van der Waals surface area contributed by atoms with Crippen molar-refractivity contribution >= 4 is 39.1 Å². The van der Waals surface area contributed by atoms with Gasteiger partial charge in [-0.2, -0.15) is 0 Å². The molecular weight excluding hydrogens is 350 g/mol. The molecule has 0 saturated carbocycles. The molecule has 110 valence electrons. The van der Waals surface area contributed by atoms with E-state index in [0.29, 0.717) is 10.8 Å². The number of fused-ring (bicyclic) bond motifs is 1. The minimum absolute atomic E-state index is 0.149. The number of thiophene rings is 1. The van der Waals surface area contributed by atoms with Crippen LogP contribution in [0.3, 0.4) is 0 Å². The van der Waals surface area contributed by atoms with Gasteiger partial charge in [-0.05, 0) is 67.1 Å². The first-order valence-corrected chi connectivity index (χ1v) is 8.59. The molecule has 1 N–H and O–H groups in total. The molecule has 4 nitrogen and oxygen atoms in total. The Hall–Kier alpha value is -1.27. The molecule has 3 rings (SSSR count). The average Bonchev–Trinajstić information content (AvgIpc) is 2.79. The number of carbonyl (C=O) groups is 1. The van der Waals surface area contributed by atoms with E-state index in [1.165, 1.54) is 23.3 Å². The van der Waals surface area contributed by atoms with Crippen LogP contribution >= 0.6 is 27.3 Å². The molecule has 0 bridgehead atoms. The summed E-state index contributed by atoms with van der Waals surface area (Å²) in [4.78, 5) is 23.0. The van der Waals surface area contributed by atoms with Gasteiger partial charge in [0.1, 0.15) is 0 Å². The summed E-state index contributed by atoms with van der Waals surface area (Å²) in [6, 6.07) is 1.83. The summed E-state index contributed by atoms with van der Waals surface area (Å²) in [5, 5.41) is 2.82. The van der Waals surface area contributed by atoms with E-state index in [0.717, 1.165) is 40.0 Å². The number of aromatic nitrogens is 2. The molecule has 1 aliphatic rings. The van der Waals surface area contributed by atoms with Gasteiger partial charge in [0.05, 0.1) is 4.88 Å². The van der Waals surface area contributed by atoms with Gasteiger partial charge in [-0.25, -0.2) is 9.97 Å². The average molecular weight is 366 g/mol. The number of anilines is 1. The Balaban J connectivity index is 1.84. The smallest absolute Gasteiger partial charge is 0.268 e. The molecule has 0 spiro atoms. The monoisotopic (exact) mass is 365 g/mol. The quantitative estimate of drug-likeness (QED) is 0.873. The van der Waals surface area contributed by atoms with Crippen molar-refractivity contribution in [1.82, 2.24) is 9.97 Å². The van der Waals surface area contributed by atoms with Gasteiger partial charge in [0.25, 0.3) is 5.91 Å². The summed E-state index contributed by atoms with van der Waals surface area (Å²) in [7, 11) is 0. The highest BCUT2D eigenvalue weighted by Crippen LogP contribution is 2.27. The molecule has 0 aromatic carbocycles. The summed E-state index contributed by atoms with van der Waals surface area (Å²) in [5.74, 6) is 0.268. The number of nitrogens with zero attached hydrogens (tertiary/aromatic N) is 2. The van der Waals surface area contributed by atoms with Gasteiger partial charge in [0.2, 0.25) is 5.95 Å². The van der Waals surface area contributed by atoms with Gasteiger partial charge < -0.3 is 0 Å². The Morgan fingerprint density at radius 2 is 2.05 bits per heavy atom. The number of hydrogen-bond donors (Lipinski definition) is 1. The molecule has 2 heterocycles. The Kier molecular flexibility index (Phi) is 4.08. The minimum atomic E-state index is -0.149. The van der Waals surface area contributed by atoms with Crippen LogP contribution in [0, 0.1) is 13.8 Å². The highest BCUT2D eigenvalue weighted by atomic mass is 79.9. The van der Waals surface area contributed by atoms with Crippen LogP contribution in [-0.4, -0.2) is 15.9 Å². The van der Waals surface area contributed by atoms with E-state index in [4.69, 9.17) is 0 Å². The molecule has 0 fully saturated rings. The summed E-state index contributed by atoms with van der Waals surface area (Å²) in [5.41, 5.74) is 3.33.